The van der Waals surface area contributed by atoms with Gasteiger partial charge in [0.1, 0.15) is 5.69 Å². The Kier molecular flexibility index (Phi) is 5.95. The molecule has 4 rings (SSSR count). The number of likely N-dealkylation sites (tertiary alicyclic amines) is 1. The Hall–Kier alpha value is -2.99. The van der Waals surface area contributed by atoms with Crippen LogP contribution in [0.1, 0.15) is 29.4 Å². The number of nitrogens with zero attached hydrogens (tertiary/aromatic N) is 2. The molecule has 1 aromatic carbocycles. The lowest BCUT2D eigenvalue weighted by Crippen LogP contribution is -2.45. The standard InChI is InChI=1S/C24H25N3O2S/c1-2-25-23(29)24(12-14-27(17-24)22(28)20-10-5-6-13-26-20)16-18-8-3-4-9-19(18)21-11-7-15-30-21/h3-11,13,15H,2,12,14,16-17H2,1H3,(H,25,29)/t24-/m0/s1. The molecule has 5 nitrogen and oxygen atoms in total. The van der Waals surface area contributed by atoms with Gasteiger partial charge in [0, 0.05) is 30.7 Å². The average molecular weight is 420 g/mol. The molecule has 3 aromatic rings. The number of amides is 2. The summed E-state index contributed by atoms with van der Waals surface area (Å²) in [7, 11) is 0. The van der Waals surface area contributed by atoms with E-state index in [4.69, 9.17) is 0 Å². The Morgan fingerprint density at radius 3 is 2.70 bits per heavy atom. The SMILES string of the molecule is CCNC(=O)[C@]1(Cc2ccccc2-c2cccs2)CCN(C(=O)c2ccccn2)C1. The van der Waals surface area contributed by atoms with Crippen molar-refractivity contribution in [3.05, 3.63) is 77.4 Å². The van der Waals surface area contributed by atoms with Gasteiger partial charge in [-0.1, -0.05) is 36.4 Å². The van der Waals surface area contributed by atoms with Gasteiger partial charge in [0.25, 0.3) is 5.91 Å². The zero-order valence-corrected chi connectivity index (χ0v) is 17.8. The minimum atomic E-state index is -0.645. The second-order valence-corrected chi connectivity index (χ2v) is 8.59. The minimum absolute atomic E-state index is 0.0160. The van der Waals surface area contributed by atoms with Gasteiger partial charge in [0.05, 0.1) is 5.41 Å². The van der Waals surface area contributed by atoms with Crippen molar-refractivity contribution < 1.29 is 9.59 Å². The van der Waals surface area contributed by atoms with E-state index in [1.165, 1.54) is 4.88 Å². The number of pyridine rings is 1. The summed E-state index contributed by atoms with van der Waals surface area (Å²) in [6.07, 6.45) is 2.85. The first-order valence-corrected chi connectivity index (χ1v) is 11.1. The van der Waals surface area contributed by atoms with E-state index in [9.17, 15) is 9.59 Å². The fourth-order valence-corrected chi connectivity index (χ4v) is 4.95. The van der Waals surface area contributed by atoms with Crippen molar-refractivity contribution in [2.24, 2.45) is 5.41 Å². The number of rotatable bonds is 6. The number of hydrogen-bond donors (Lipinski definition) is 1. The number of benzene rings is 1. The summed E-state index contributed by atoms with van der Waals surface area (Å²) in [6, 6.07) is 17.7. The molecule has 0 bridgehead atoms. The number of aromatic nitrogens is 1. The molecular formula is C24H25N3O2S. The van der Waals surface area contributed by atoms with Crippen LogP contribution in [-0.4, -0.2) is 41.3 Å². The van der Waals surface area contributed by atoms with Crippen molar-refractivity contribution in [3.8, 4) is 10.4 Å². The van der Waals surface area contributed by atoms with Crippen LogP contribution in [0.15, 0.2) is 66.2 Å². The molecular weight excluding hydrogens is 394 g/mol. The van der Waals surface area contributed by atoms with Crippen molar-refractivity contribution in [2.45, 2.75) is 19.8 Å². The molecule has 2 amide bonds. The highest BCUT2D eigenvalue weighted by Gasteiger charge is 2.46. The minimum Gasteiger partial charge on any atom is -0.356 e. The summed E-state index contributed by atoms with van der Waals surface area (Å²) >= 11 is 1.70. The molecule has 2 aromatic heterocycles. The third-order valence-electron chi connectivity index (χ3n) is 5.68. The van der Waals surface area contributed by atoms with Gasteiger partial charge in [-0.2, -0.15) is 0 Å². The monoisotopic (exact) mass is 419 g/mol. The molecule has 1 aliphatic rings. The number of thiophene rings is 1. The summed E-state index contributed by atoms with van der Waals surface area (Å²) in [6.45, 7) is 3.44. The summed E-state index contributed by atoms with van der Waals surface area (Å²) in [4.78, 5) is 33.3. The van der Waals surface area contributed by atoms with Gasteiger partial charge in [-0.05, 0) is 54.5 Å². The van der Waals surface area contributed by atoms with Gasteiger partial charge < -0.3 is 10.2 Å². The molecule has 0 saturated carbocycles. The van der Waals surface area contributed by atoms with Gasteiger partial charge in [0.2, 0.25) is 5.91 Å². The Morgan fingerprint density at radius 1 is 1.13 bits per heavy atom. The topological polar surface area (TPSA) is 62.3 Å². The molecule has 0 aliphatic carbocycles. The van der Waals surface area contributed by atoms with Crippen molar-refractivity contribution in [2.75, 3.05) is 19.6 Å². The highest BCUT2D eigenvalue weighted by molar-refractivity contribution is 7.13. The maximum absolute atomic E-state index is 13.2. The second-order valence-electron chi connectivity index (χ2n) is 7.64. The first kappa shape index (κ1) is 20.3. The van der Waals surface area contributed by atoms with Gasteiger partial charge in [0.15, 0.2) is 0 Å². The van der Waals surface area contributed by atoms with Crippen LogP contribution in [0.25, 0.3) is 10.4 Å². The van der Waals surface area contributed by atoms with Crippen LogP contribution in [-0.2, 0) is 11.2 Å². The van der Waals surface area contributed by atoms with Gasteiger partial charge in [-0.3, -0.25) is 14.6 Å². The predicted molar refractivity (Wildman–Crippen MR) is 119 cm³/mol. The summed E-state index contributed by atoms with van der Waals surface area (Å²) in [5.41, 5.74) is 2.07. The highest BCUT2D eigenvalue weighted by atomic mass is 32.1. The zero-order valence-electron chi connectivity index (χ0n) is 17.0. The lowest BCUT2D eigenvalue weighted by molar-refractivity contribution is -0.130. The maximum atomic E-state index is 13.2. The van der Waals surface area contributed by atoms with Crippen molar-refractivity contribution in [1.82, 2.24) is 15.2 Å². The lowest BCUT2D eigenvalue weighted by Gasteiger charge is -2.29. The summed E-state index contributed by atoms with van der Waals surface area (Å²) in [5, 5.41) is 5.08. The van der Waals surface area contributed by atoms with Crippen LogP contribution in [0.3, 0.4) is 0 Å². The number of carbonyl (C=O) groups excluding carboxylic acids is 2. The van der Waals surface area contributed by atoms with Crippen molar-refractivity contribution in [3.63, 3.8) is 0 Å². The second kappa shape index (κ2) is 8.79. The molecule has 1 fully saturated rings. The molecule has 0 radical (unpaired) electrons. The fourth-order valence-electron chi connectivity index (χ4n) is 4.17. The van der Waals surface area contributed by atoms with E-state index in [1.807, 2.05) is 31.2 Å². The van der Waals surface area contributed by atoms with Crippen molar-refractivity contribution in [1.29, 1.82) is 0 Å². The third kappa shape index (κ3) is 4.00. The zero-order chi connectivity index (χ0) is 21.0. The molecule has 6 heteroatoms. The molecule has 0 spiro atoms. The van der Waals surface area contributed by atoms with Crippen molar-refractivity contribution >= 4 is 23.2 Å². The first-order chi connectivity index (χ1) is 14.6. The Morgan fingerprint density at radius 2 is 1.97 bits per heavy atom. The number of carbonyl (C=O) groups is 2. The van der Waals surface area contributed by atoms with Gasteiger partial charge >= 0.3 is 0 Å². The van der Waals surface area contributed by atoms with E-state index >= 15 is 0 Å². The van der Waals surface area contributed by atoms with Crippen LogP contribution in [0.2, 0.25) is 0 Å². The van der Waals surface area contributed by atoms with Crippen LogP contribution < -0.4 is 5.32 Å². The van der Waals surface area contributed by atoms with Crippen LogP contribution >= 0.6 is 11.3 Å². The Labute approximate surface area is 180 Å². The molecule has 1 aliphatic heterocycles. The third-order valence-corrected chi connectivity index (χ3v) is 6.58. The molecule has 3 heterocycles. The largest absolute Gasteiger partial charge is 0.356 e. The average Bonchev–Trinajstić information content (AvgIpc) is 3.46. The molecule has 0 unspecified atom stereocenters. The molecule has 1 atom stereocenters. The summed E-state index contributed by atoms with van der Waals surface area (Å²) in [5.74, 6) is -0.101. The van der Waals surface area contributed by atoms with E-state index in [0.717, 1.165) is 11.1 Å². The fraction of sp³-hybridized carbons (Fsp3) is 0.292. The quantitative estimate of drug-likeness (QED) is 0.656. The van der Waals surface area contributed by atoms with E-state index in [-0.39, 0.29) is 11.8 Å². The Balaban J connectivity index is 1.64. The molecule has 30 heavy (non-hydrogen) atoms. The van der Waals surface area contributed by atoms with E-state index < -0.39 is 5.41 Å². The van der Waals surface area contributed by atoms with E-state index in [1.54, 1.807) is 34.6 Å². The van der Waals surface area contributed by atoms with E-state index in [0.29, 0.717) is 38.2 Å². The van der Waals surface area contributed by atoms with Crippen LogP contribution in [0.4, 0.5) is 0 Å². The first-order valence-electron chi connectivity index (χ1n) is 10.2. The van der Waals surface area contributed by atoms with Gasteiger partial charge in [-0.25, -0.2) is 0 Å². The van der Waals surface area contributed by atoms with E-state index in [2.05, 4.69) is 33.9 Å². The molecule has 154 valence electrons. The Bertz CT molecular complexity index is 1020. The normalized spacial score (nSPS) is 18.4. The maximum Gasteiger partial charge on any atom is 0.272 e. The summed E-state index contributed by atoms with van der Waals surface area (Å²) < 4.78 is 0. The van der Waals surface area contributed by atoms with Gasteiger partial charge in [-0.15, -0.1) is 11.3 Å². The lowest BCUT2D eigenvalue weighted by atomic mass is 9.78. The molecule has 1 N–H and O–H groups in total. The highest BCUT2D eigenvalue weighted by Crippen LogP contribution is 2.38. The smallest absolute Gasteiger partial charge is 0.272 e. The molecule has 1 saturated heterocycles. The number of nitrogens with one attached hydrogen (secondary N) is 1. The predicted octanol–water partition coefficient (Wildman–Crippen LogP) is 4.02. The van der Waals surface area contributed by atoms with Crippen LogP contribution in [0.5, 0.6) is 0 Å². The number of hydrogen-bond acceptors (Lipinski definition) is 4. The van der Waals surface area contributed by atoms with Crippen LogP contribution in [0, 0.1) is 5.41 Å².